The summed E-state index contributed by atoms with van der Waals surface area (Å²) in [5.41, 5.74) is 3.91. The van der Waals surface area contributed by atoms with Crippen LogP contribution in [0, 0.1) is 11.3 Å². The van der Waals surface area contributed by atoms with Crippen molar-refractivity contribution in [3.8, 4) is 17.2 Å². The van der Waals surface area contributed by atoms with Gasteiger partial charge in [0.2, 0.25) is 5.95 Å². The first-order chi connectivity index (χ1) is 16.3. The van der Waals surface area contributed by atoms with Crippen molar-refractivity contribution >= 4 is 17.7 Å². The number of aromatic nitrogens is 3. The molecule has 8 heteroatoms. The van der Waals surface area contributed by atoms with Crippen LogP contribution < -0.4 is 4.90 Å². The summed E-state index contributed by atoms with van der Waals surface area (Å²) in [6, 6.07) is 18.4. The van der Waals surface area contributed by atoms with Crippen molar-refractivity contribution in [1.29, 1.82) is 5.26 Å². The van der Waals surface area contributed by atoms with E-state index in [1.165, 1.54) is 5.56 Å². The number of thioether (sulfide) groups is 1. The van der Waals surface area contributed by atoms with Crippen LogP contribution in [0.25, 0.3) is 11.1 Å². The fraction of sp³-hybridized carbons (Fsp3) is 0.400. The van der Waals surface area contributed by atoms with E-state index in [0.29, 0.717) is 5.56 Å². The third kappa shape index (κ3) is 5.06. The molecule has 170 valence electrons. The Balaban J connectivity index is 1.31. The largest absolute Gasteiger partial charge is 0.378 e. The number of rotatable bonds is 7. The Morgan fingerprint density at radius 2 is 1.85 bits per heavy atom. The molecule has 33 heavy (non-hydrogen) atoms. The van der Waals surface area contributed by atoms with E-state index in [1.54, 1.807) is 11.8 Å². The van der Waals surface area contributed by atoms with E-state index in [2.05, 4.69) is 50.0 Å². The molecule has 0 amide bonds. The number of anilines is 1. The molecule has 5 rings (SSSR count). The van der Waals surface area contributed by atoms with Gasteiger partial charge in [0, 0.05) is 25.4 Å². The Morgan fingerprint density at radius 1 is 1.03 bits per heavy atom. The van der Waals surface area contributed by atoms with Gasteiger partial charge in [0.25, 0.3) is 0 Å². The molecule has 2 saturated heterocycles. The van der Waals surface area contributed by atoms with Gasteiger partial charge in [0.1, 0.15) is 0 Å². The zero-order chi connectivity index (χ0) is 22.5. The van der Waals surface area contributed by atoms with Crippen LogP contribution in [0.4, 0.5) is 5.95 Å². The van der Waals surface area contributed by atoms with Crippen molar-refractivity contribution in [2.75, 3.05) is 37.8 Å². The summed E-state index contributed by atoms with van der Waals surface area (Å²) in [6.45, 7) is 4.72. The zero-order valence-electron chi connectivity index (χ0n) is 18.5. The summed E-state index contributed by atoms with van der Waals surface area (Å²) in [6.07, 6.45) is 2.42. The molecule has 3 heterocycles. The van der Waals surface area contributed by atoms with Crippen molar-refractivity contribution in [3.63, 3.8) is 0 Å². The first-order valence-corrected chi connectivity index (χ1v) is 12.4. The summed E-state index contributed by atoms with van der Waals surface area (Å²) in [7, 11) is 0. The van der Waals surface area contributed by atoms with Gasteiger partial charge in [0.05, 0.1) is 37.5 Å². The fourth-order valence-electron chi connectivity index (χ4n) is 4.30. The van der Waals surface area contributed by atoms with Gasteiger partial charge in [-0.1, -0.05) is 54.2 Å². The van der Waals surface area contributed by atoms with Crippen LogP contribution in [-0.4, -0.2) is 53.8 Å². The van der Waals surface area contributed by atoms with Crippen LogP contribution in [-0.2, 0) is 21.8 Å². The highest BCUT2D eigenvalue weighted by molar-refractivity contribution is 7.98. The molecule has 0 radical (unpaired) electrons. The van der Waals surface area contributed by atoms with Gasteiger partial charge in [-0.3, -0.25) is 4.57 Å². The fourth-order valence-corrected chi connectivity index (χ4v) is 5.20. The SMILES string of the molecule is N#Cc1ccccc1-c1ccc(CSc2nnc(N3CCOCC3)n2CC2CCCO2)cc1. The van der Waals surface area contributed by atoms with E-state index >= 15 is 0 Å². The maximum atomic E-state index is 9.38. The second-order valence-electron chi connectivity index (χ2n) is 8.27. The summed E-state index contributed by atoms with van der Waals surface area (Å²) in [5.74, 6) is 1.71. The highest BCUT2D eigenvalue weighted by atomic mass is 32.2. The van der Waals surface area contributed by atoms with Crippen molar-refractivity contribution < 1.29 is 9.47 Å². The highest BCUT2D eigenvalue weighted by Crippen LogP contribution is 2.29. The third-order valence-corrected chi connectivity index (χ3v) is 7.12. The van der Waals surface area contributed by atoms with Gasteiger partial charge in [-0.05, 0) is 35.6 Å². The summed E-state index contributed by atoms with van der Waals surface area (Å²) in [4.78, 5) is 2.26. The number of hydrogen-bond donors (Lipinski definition) is 0. The lowest BCUT2D eigenvalue weighted by Gasteiger charge is -2.28. The number of hydrogen-bond acceptors (Lipinski definition) is 7. The van der Waals surface area contributed by atoms with Crippen molar-refractivity contribution in [2.24, 2.45) is 0 Å². The van der Waals surface area contributed by atoms with E-state index in [-0.39, 0.29) is 6.10 Å². The van der Waals surface area contributed by atoms with Crippen LogP contribution in [0.3, 0.4) is 0 Å². The molecular formula is C25H27N5O2S. The van der Waals surface area contributed by atoms with Crippen LogP contribution in [0.1, 0.15) is 24.0 Å². The minimum atomic E-state index is 0.222. The van der Waals surface area contributed by atoms with Crippen LogP contribution >= 0.6 is 11.8 Å². The van der Waals surface area contributed by atoms with E-state index in [9.17, 15) is 5.26 Å². The maximum Gasteiger partial charge on any atom is 0.228 e. The number of benzene rings is 2. The number of nitrogens with zero attached hydrogens (tertiary/aromatic N) is 5. The van der Waals surface area contributed by atoms with E-state index in [4.69, 9.17) is 9.47 Å². The van der Waals surface area contributed by atoms with Gasteiger partial charge in [0.15, 0.2) is 5.16 Å². The van der Waals surface area contributed by atoms with Crippen LogP contribution in [0.2, 0.25) is 0 Å². The molecule has 2 fully saturated rings. The third-order valence-electron chi connectivity index (χ3n) is 6.08. The van der Waals surface area contributed by atoms with Crippen molar-refractivity contribution in [1.82, 2.24) is 14.8 Å². The lowest BCUT2D eigenvalue weighted by molar-refractivity contribution is 0.0942. The van der Waals surface area contributed by atoms with Gasteiger partial charge in [-0.15, -0.1) is 10.2 Å². The molecule has 1 atom stereocenters. The minimum absolute atomic E-state index is 0.222. The molecule has 2 aromatic carbocycles. The average Bonchev–Trinajstić information content (AvgIpc) is 3.54. The Hall–Kier alpha value is -2.86. The quantitative estimate of drug-likeness (QED) is 0.490. The van der Waals surface area contributed by atoms with Crippen LogP contribution in [0.5, 0.6) is 0 Å². The smallest absolute Gasteiger partial charge is 0.228 e. The number of ether oxygens (including phenoxy) is 2. The number of morpholine rings is 1. The topological polar surface area (TPSA) is 76.2 Å². The van der Waals surface area contributed by atoms with E-state index in [0.717, 1.165) is 80.3 Å². The monoisotopic (exact) mass is 461 g/mol. The molecule has 2 aliphatic rings. The second kappa shape index (κ2) is 10.4. The average molecular weight is 462 g/mol. The second-order valence-corrected chi connectivity index (χ2v) is 9.21. The van der Waals surface area contributed by atoms with E-state index < -0.39 is 0 Å². The lowest BCUT2D eigenvalue weighted by atomic mass is 10.00. The predicted molar refractivity (Wildman–Crippen MR) is 128 cm³/mol. The molecule has 3 aromatic rings. The summed E-state index contributed by atoms with van der Waals surface area (Å²) < 4.78 is 13.7. The Labute approximate surface area is 198 Å². The van der Waals surface area contributed by atoms with Crippen LogP contribution in [0.15, 0.2) is 53.7 Å². The Morgan fingerprint density at radius 3 is 2.61 bits per heavy atom. The molecule has 0 N–H and O–H groups in total. The first-order valence-electron chi connectivity index (χ1n) is 11.4. The molecular weight excluding hydrogens is 434 g/mol. The molecule has 0 bridgehead atoms. The van der Waals surface area contributed by atoms with Gasteiger partial charge in [-0.2, -0.15) is 5.26 Å². The molecule has 0 aliphatic carbocycles. The zero-order valence-corrected chi connectivity index (χ0v) is 19.3. The van der Waals surface area contributed by atoms with Gasteiger partial charge < -0.3 is 14.4 Å². The molecule has 1 aromatic heterocycles. The highest BCUT2D eigenvalue weighted by Gasteiger charge is 2.24. The Kier molecular flexibility index (Phi) is 6.91. The standard InChI is InChI=1S/C25H27N5O2S/c26-16-21-4-1-2-6-23(21)20-9-7-19(8-10-20)18-33-25-28-27-24(29-11-14-31-15-12-29)30(25)17-22-5-3-13-32-22/h1-2,4,6-10,22H,3,5,11-15,17-18H2. The molecule has 2 aliphatic heterocycles. The maximum absolute atomic E-state index is 9.38. The molecule has 1 unspecified atom stereocenters. The summed E-state index contributed by atoms with van der Waals surface area (Å²) in [5, 5.41) is 19.4. The Bertz CT molecular complexity index is 1110. The lowest BCUT2D eigenvalue weighted by Crippen LogP contribution is -2.38. The number of nitriles is 1. The molecule has 0 spiro atoms. The van der Waals surface area contributed by atoms with Gasteiger partial charge >= 0.3 is 0 Å². The molecule has 7 nitrogen and oxygen atoms in total. The van der Waals surface area contributed by atoms with Gasteiger partial charge in [-0.25, -0.2) is 0 Å². The van der Waals surface area contributed by atoms with E-state index in [1.807, 2.05) is 24.3 Å². The minimum Gasteiger partial charge on any atom is -0.378 e. The predicted octanol–water partition coefficient (Wildman–Crippen LogP) is 4.12. The normalized spacial score (nSPS) is 18.4. The summed E-state index contributed by atoms with van der Waals surface area (Å²) >= 11 is 1.70. The van der Waals surface area contributed by atoms with Crippen molar-refractivity contribution in [2.45, 2.75) is 36.4 Å². The first kappa shape index (κ1) is 22.0. The molecule has 0 saturated carbocycles. The van der Waals surface area contributed by atoms with Crippen molar-refractivity contribution in [3.05, 3.63) is 59.7 Å².